The number of hydrogen-bond acceptors (Lipinski definition) is 5. The zero-order chi connectivity index (χ0) is 26.8. The molecule has 1 fully saturated rings. The summed E-state index contributed by atoms with van der Waals surface area (Å²) in [6.45, 7) is 15.0. The van der Waals surface area contributed by atoms with E-state index >= 15 is 0 Å². The Hall–Kier alpha value is -1.99. The summed E-state index contributed by atoms with van der Waals surface area (Å²) in [7, 11) is 2.12. The van der Waals surface area contributed by atoms with Crippen LogP contribution in [0.15, 0.2) is 24.8 Å². The van der Waals surface area contributed by atoms with Gasteiger partial charge in [0.1, 0.15) is 5.84 Å². The quantitative estimate of drug-likeness (QED) is 0.154. The van der Waals surface area contributed by atoms with Crippen LogP contribution in [-0.4, -0.2) is 53.1 Å². The fraction of sp³-hybridized carbons (Fsp3) is 0.690. The Balaban J connectivity index is 2.09. The average Bonchev–Trinajstić information content (AvgIpc) is 3.29. The molecular weight excluding hydrogens is 466 g/mol. The average molecular weight is 516 g/mol. The Morgan fingerprint density at radius 2 is 1.92 bits per heavy atom. The van der Waals surface area contributed by atoms with Gasteiger partial charge >= 0.3 is 0 Å². The molecule has 0 radical (unpaired) electrons. The van der Waals surface area contributed by atoms with Crippen LogP contribution in [0, 0.1) is 29.6 Å². The van der Waals surface area contributed by atoms with E-state index in [1.54, 1.807) is 18.3 Å². The second-order valence-electron chi connectivity index (χ2n) is 10.7. The van der Waals surface area contributed by atoms with Gasteiger partial charge in [0, 0.05) is 40.2 Å². The first-order chi connectivity index (χ1) is 17.1. The van der Waals surface area contributed by atoms with Crippen molar-refractivity contribution in [2.45, 2.75) is 104 Å². The normalized spacial score (nSPS) is 17.0. The van der Waals surface area contributed by atoms with Crippen molar-refractivity contribution in [2.75, 3.05) is 13.6 Å². The van der Waals surface area contributed by atoms with Crippen LogP contribution in [0.1, 0.15) is 94.9 Å². The van der Waals surface area contributed by atoms with Gasteiger partial charge < -0.3 is 10.2 Å². The summed E-state index contributed by atoms with van der Waals surface area (Å²) >= 11 is 1.77. The standard InChI is InChI=1S/C29H49N5OS/c1-8-24(19-25(9-2)34(22(6)30)28(31)20(3)4)33(7)18-17-26(27-16-15-21(5)36-27)32-29(35)23-13-11-10-12-14-23/h8,15-16,20,23-26,30-31H,1,9-14,17-19H2,2-7H3,(H,32,35). The van der Waals surface area contributed by atoms with Crippen LogP contribution in [0.3, 0.4) is 0 Å². The van der Waals surface area contributed by atoms with Crippen molar-refractivity contribution in [2.24, 2.45) is 11.8 Å². The van der Waals surface area contributed by atoms with Crippen molar-refractivity contribution < 1.29 is 4.79 Å². The first kappa shape index (κ1) is 30.2. The van der Waals surface area contributed by atoms with E-state index in [2.05, 4.69) is 49.8 Å². The Morgan fingerprint density at radius 3 is 2.42 bits per heavy atom. The zero-order valence-electron chi connectivity index (χ0n) is 23.4. The number of carbonyl (C=O) groups excluding carboxylic acids is 1. The summed E-state index contributed by atoms with van der Waals surface area (Å²) in [6, 6.07) is 4.51. The molecule has 0 aromatic carbocycles. The minimum atomic E-state index is 0.0162. The monoisotopic (exact) mass is 515 g/mol. The number of rotatable bonds is 13. The minimum absolute atomic E-state index is 0.0162. The highest BCUT2D eigenvalue weighted by atomic mass is 32.1. The molecule has 7 heteroatoms. The van der Waals surface area contributed by atoms with Crippen molar-refractivity contribution in [1.29, 1.82) is 10.8 Å². The van der Waals surface area contributed by atoms with Gasteiger partial charge in [0.05, 0.1) is 11.9 Å². The van der Waals surface area contributed by atoms with Crippen LogP contribution in [0.5, 0.6) is 0 Å². The number of nitrogens with zero attached hydrogens (tertiary/aromatic N) is 2. The number of amidine groups is 2. The Kier molecular flexibility index (Phi) is 12.3. The second-order valence-corrected chi connectivity index (χ2v) is 12.0. The van der Waals surface area contributed by atoms with E-state index in [-0.39, 0.29) is 35.9 Å². The van der Waals surface area contributed by atoms with Gasteiger partial charge in [-0.25, -0.2) is 0 Å². The summed E-state index contributed by atoms with van der Waals surface area (Å²) in [5, 5.41) is 20.3. The lowest BCUT2D eigenvalue weighted by molar-refractivity contribution is -0.126. The van der Waals surface area contributed by atoms with E-state index in [1.807, 2.05) is 24.8 Å². The van der Waals surface area contributed by atoms with Crippen LogP contribution >= 0.6 is 11.3 Å². The molecule has 1 heterocycles. The molecule has 36 heavy (non-hydrogen) atoms. The molecule has 6 nitrogen and oxygen atoms in total. The van der Waals surface area contributed by atoms with Gasteiger partial charge in [0.15, 0.2) is 0 Å². The summed E-state index contributed by atoms with van der Waals surface area (Å²) in [6.07, 6.45) is 10.1. The maximum atomic E-state index is 13.1. The third kappa shape index (κ3) is 8.55. The molecule has 3 unspecified atom stereocenters. The van der Waals surface area contributed by atoms with Gasteiger partial charge in [-0.2, -0.15) is 0 Å². The molecule has 0 spiro atoms. The number of aryl methyl sites for hydroxylation is 1. The predicted octanol–water partition coefficient (Wildman–Crippen LogP) is 6.77. The van der Waals surface area contributed by atoms with Crippen LogP contribution < -0.4 is 5.32 Å². The second kappa shape index (κ2) is 14.7. The molecule has 202 valence electrons. The highest BCUT2D eigenvalue weighted by Gasteiger charge is 2.28. The van der Waals surface area contributed by atoms with Crippen LogP contribution in [0.25, 0.3) is 0 Å². The number of hydrogen-bond donors (Lipinski definition) is 3. The SMILES string of the molecule is C=CC(CC(CC)N(C(C)=N)C(=N)C(C)C)N(C)CCC(NC(=O)C1CCCCC1)c1ccc(C)s1. The highest BCUT2D eigenvalue weighted by molar-refractivity contribution is 7.12. The Morgan fingerprint density at radius 1 is 1.25 bits per heavy atom. The maximum absolute atomic E-state index is 13.1. The van der Waals surface area contributed by atoms with Gasteiger partial charge in [-0.05, 0) is 65.1 Å². The Bertz CT molecular complexity index is 873. The number of amides is 1. The van der Waals surface area contributed by atoms with E-state index in [1.165, 1.54) is 16.2 Å². The van der Waals surface area contributed by atoms with E-state index in [4.69, 9.17) is 10.8 Å². The lowest BCUT2D eigenvalue weighted by atomic mass is 9.88. The van der Waals surface area contributed by atoms with E-state index in [0.717, 1.165) is 51.5 Å². The molecule has 0 bridgehead atoms. The van der Waals surface area contributed by atoms with Crippen LogP contribution in [0.2, 0.25) is 0 Å². The molecule has 1 aliphatic carbocycles. The predicted molar refractivity (Wildman–Crippen MR) is 154 cm³/mol. The molecule has 3 atom stereocenters. The number of carbonyl (C=O) groups is 1. The molecule has 1 amide bonds. The third-order valence-corrected chi connectivity index (χ3v) is 8.64. The summed E-state index contributed by atoms with van der Waals surface area (Å²) in [4.78, 5) is 19.8. The molecule has 1 aromatic heterocycles. The van der Waals surface area contributed by atoms with Crippen molar-refractivity contribution in [1.82, 2.24) is 15.1 Å². The van der Waals surface area contributed by atoms with Gasteiger partial charge in [0.25, 0.3) is 0 Å². The largest absolute Gasteiger partial charge is 0.348 e. The molecule has 1 aliphatic rings. The molecule has 1 saturated carbocycles. The molecule has 2 rings (SSSR count). The van der Waals surface area contributed by atoms with Crippen molar-refractivity contribution in [3.8, 4) is 0 Å². The van der Waals surface area contributed by atoms with Gasteiger partial charge in [0.2, 0.25) is 5.91 Å². The van der Waals surface area contributed by atoms with Gasteiger partial charge in [-0.1, -0.05) is 46.1 Å². The van der Waals surface area contributed by atoms with Gasteiger partial charge in [-0.15, -0.1) is 17.9 Å². The molecule has 3 N–H and O–H groups in total. The maximum Gasteiger partial charge on any atom is 0.223 e. The number of likely N-dealkylation sites (N-methyl/N-ethyl adjacent to an activating group) is 1. The highest BCUT2D eigenvalue weighted by Crippen LogP contribution is 2.29. The van der Waals surface area contributed by atoms with Crippen molar-refractivity contribution in [3.63, 3.8) is 0 Å². The van der Waals surface area contributed by atoms with Gasteiger partial charge in [-0.3, -0.25) is 20.5 Å². The fourth-order valence-corrected chi connectivity index (χ4v) is 6.16. The van der Waals surface area contributed by atoms with Crippen molar-refractivity contribution >= 4 is 28.9 Å². The Labute approximate surface area is 223 Å². The zero-order valence-corrected chi connectivity index (χ0v) is 24.2. The smallest absolute Gasteiger partial charge is 0.223 e. The topological polar surface area (TPSA) is 83.3 Å². The lowest BCUT2D eigenvalue weighted by Crippen LogP contribution is -2.47. The molecule has 0 saturated heterocycles. The summed E-state index contributed by atoms with van der Waals surface area (Å²) < 4.78 is 0. The van der Waals surface area contributed by atoms with Crippen molar-refractivity contribution in [3.05, 3.63) is 34.5 Å². The van der Waals surface area contributed by atoms with E-state index in [9.17, 15) is 4.79 Å². The lowest BCUT2D eigenvalue weighted by Gasteiger charge is -2.37. The van der Waals surface area contributed by atoms with E-state index < -0.39 is 0 Å². The number of nitrogens with one attached hydrogen (secondary N) is 3. The summed E-state index contributed by atoms with van der Waals surface area (Å²) in [5.74, 6) is 1.35. The van der Waals surface area contributed by atoms with Crippen LogP contribution in [-0.2, 0) is 4.79 Å². The summed E-state index contributed by atoms with van der Waals surface area (Å²) in [5.41, 5.74) is 0. The first-order valence-corrected chi connectivity index (χ1v) is 14.5. The molecule has 1 aromatic rings. The number of thiophene rings is 1. The third-order valence-electron chi connectivity index (χ3n) is 7.52. The van der Waals surface area contributed by atoms with Crippen LogP contribution in [0.4, 0.5) is 0 Å². The minimum Gasteiger partial charge on any atom is -0.348 e. The molecule has 0 aliphatic heterocycles. The van der Waals surface area contributed by atoms with E-state index in [0.29, 0.717) is 11.7 Å². The molecular formula is C29H49N5OS. The first-order valence-electron chi connectivity index (χ1n) is 13.7. The fourth-order valence-electron chi connectivity index (χ4n) is 5.20.